The molecule has 1 aromatic carbocycles. The standard InChI is InChI=1S/C18H26N2OS/c1-21-16-4-2-3-13(11-16)18-17(19-14-8-10-22-12-14)7-9-20(18)15-5-6-15/h2-4,11,14-15,17-19H,5-10,12H2,1H3. The number of thioether (sulfide) groups is 1. The molecule has 2 saturated heterocycles. The Hall–Kier alpha value is -0.710. The summed E-state index contributed by atoms with van der Waals surface area (Å²) < 4.78 is 5.45. The fourth-order valence-corrected chi connectivity index (χ4v) is 5.19. The van der Waals surface area contributed by atoms with Crippen LogP contribution in [0.3, 0.4) is 0 Å². The lowest BCUT2D eigenvalue weighted by Crippen LogP contribution is -2.42. The minimum atomic E-state index is 0.521. The van der Waals surface area contributed by atoms with E-state index < -0.39 is 0 Å². The van der Waals surface area contributed by atoms with Crippen molar-refractivity contribution >= 4 is 11.8 Å². The van der Waals surface area contributed by atoms with Crippen LogP contribution in [0, 0.1) is 0 Å². The molecule has 2 aliphatic heterocycles. The second-order valence-electron chi connectivity index (χ2n) is 6.81. The van der Waals surface area contributed by atoms with Crippen molar-refractivity contribution in [2.75, 3.05) is 25.2 Å². The zero-order valence-corrected chi connectivity index (χ0v) is 14.1. The minimum Gasteiger partial charge on any atom is -0.497 e. The SMILES string of the molecule is COc1cccc(C2C(NC3CCSC3)CCN2C2CC2)c1. The number of hydrogen-bond donors (Lipinski definition) is 1. The third-order valence-electron chi connectivity index (χ3n) is 5.27. The Morgan fingerprint density at radius 1 is 1.23 bits per heavy atom. The molecule has 0 radical (unpaired) electrons. The summed E-state index contributed by atoms with van der Waals surface area (Å²) in [4.78, 5) is 2.74. The molecule has 3 unspecified atom stereocenters. The quantitative estimate of drug-likeness (QED) is 0.902. The maximum absolute atomic E-state index is 5.45. The Morgan fingerprint density at radius 3 is 2.86 bits per heavy atom. The Bertz CT molecular complexity index is 514. The fourth-order valence-electron chi connectivity index (χ4n) is 4.02. The summed E-state index contributed by atoms with van der Waals surface area (Å²) >= 11 is 2.09. The van der Waals surface area contributed by atoms with E-state index in [1.807, 2.05) is 0 Å². The van der Waals surface area contributed by atoms with Gasteiger partial charge in [-0.15, -0.1) is 0 Å². The molecule has 2 heterocycles. The van der Waals surface area contributed by atoms with Crippen molar-refractivity contribution in [2.45, 2.75) is 49.9 Å². The molecule has 0 spiro atoms. The van der Waals surface area contributed by atoms with E-state index in [4.69, 9.17) is 4.74 Å². The lowest BCUT2D eigenvalue weighted by atomic mass is 9.98. The Labute approximate surface area is 137 Å². The number of nitrogens with one attached hydrogen (secondary N) is 1. The Morgan fingerprint density at radius 2 is 2.14 bits per heavy atom. The summed E-state index contributed by atoms with van der Waals surface area (Å²) in [6, 6.07) is 11.4. The van der Waals surface area contributed by atoms with E-state index in [-0.39, 0.29) is 0 Å². The van der Waals surface area contributed by atoms with Crippen LogP contribution in [0.15, 0.2) is 24.3 Å². The third kappa shape index (κ3) is 3.01. The summed E-state index contributed by atoms with van der Waals surface area (Å²) in [5.41, 5.74) is 1.42. The van der Waals surface area contributed by atoms with Gasteiger partial charge < -0.3 is 10.1 Å². The van der Waals surface area contributed by atoms with E-state index in [2.05, 4.69) is 46.2 Å². The van der Waals surface area contributed by atoms with Gasteiger partial charge in [0.1, 0.15) is 5.75 Å². The first-order chi connectivity index (χ1) is 10.8. The van der Waals surface area contributed by atoms with Crippen LogP contribution in [0.1, 0.15) is 37.3 Å². The average Bonchev–Trinajstić information content (AvgIpc) is 3.11. The first kappa shape index (κ1) is 14.9. The molecule has 3 fully saturated rings. The zero-order chi connectivity index (χ0) is 14.9. The molecule has 3 aliphatic rings. The molecule has 120 valence electrons. The predicted octanol–water partition coefficient (Wildman–Crippen LogP) is 3.07. The van der Waals surface area contributed by atoms with Gasteiger partial charge in [-0.3, -0.25) is 4.90 Å². The normalized spacial score (nSPS) is 32.5. The van der Waals surface area contributed by atoms with Crippen LogP contribution in [0.25, 0.3) is 0 Å². The highest BCUT2D eigenvalue weighted by Gasteiger charge is 2.43. The van der Waals surface area contributed by atoms with Crippen LogP contribution in [-0.4, -0.2) is 48.2 Å². The van der Waals surface area contributed by atoms with E-state index in [0.717, 1.165) is 11.8 Å². The lowest BCUT2D eigenvalue weighted by molar-refractivity contribution is 0.222. The van der Waals surface area contributed by atoms with E-state index >= 15 is 0 Å². The van der Waals surface area contributed by atoms with Crippen molar-refractivity contribution in [3.8, 4) is 5.75 Å². The van der Waals surface area contributed by atoms with Crippen LogP contribution < -0.4 is 10.1 Å². The molecule has 22 heavy (non-hydrogen) atoms. The molecule has 4 rings (SSSR count). The molecule has 0 bridgehead atoms. The highest BCUT2D eigenvalue weighted by atomic mass is 32.2. The number of benzene rings is 1. The highest BCUT2D eigenvalue weighted by molar-refractivity contribution is 7.99. The van der Waals surface area contributed by atoms with Gasteiger partial charge in [-0.2, -0.15) is 11.8 Å². The van der Waals surface area contributed by atoms with Crippen LogP contribution in [-0.2, 0) is 0 Å². The number of nitrogens with zero attached hydrogens (tertiary/aromatic N) is 1. The monoisotopic (exact) mass is 318 g/mol. The van der Waals surface area contributed by atoms with E-state index in [1.165, 1.54) is 49.3 Å². The average molecular weight is 318 g/mol. The zero-order valence-electron chi connectivity index (χ0n) is 13.3. The van der Waals surface area contributed by atoms with Crippen molar-refractivity contribution in [2.24, 2.45) is 0 Å². The van der Waals surface area contributed by atoms with Crippen molar-refractivity contribution in [1.29, 1.82) is 0 Å². The van der Waals surface area contributed by atoms with E-state index in [1.54, 1.807) is 7.11 Å². The number of methoxy groups -OCH3 is 1. The number of ether oxygens (including phenoxy) is 1. The second-order valence-corrected chi connectivity index (χ2v) is 7.96. The summed E-state index contributed by atoms with van der Waals surface area (Å²) in [7, 11) is 1.76. The summed E-state index contributed by atoms with van der Waals surface area (Å²) in [6.07, 6.45) is 5.37. The van der Waals surface area contributed by atoms with Crippen LogP contribution >= 0.6 is 11.8 Å². The largest absolute Gasteiger partial charge is 0.497 e. The lowest BCUT2D eigenvalue weighted by Gasteiger charge is -2.31. The van der Waals surface area contributed by atoms with Gasteiger partial charge in [-0.05, 0) is 49.1 Å². The summed E-state index contributed by atoms with van der Waals surface area (Å²) in [5.74, 6) is 3.58. The highest BCUT2D eigenvalue weighted by Crippen LogP contribution is 2.42. The van der Waals surface area contributed by atoms with Crippen LogP contribution in [0.5, 0.6) is 5.75 Å². The number of rotatable bonds is 5. The van der Waals surface area contributed by atoms with Crippen LogP contribution in [0.2, 0.25) is 0 Å². The molecule has 4 heteroatoms. The Kier molecular flexibility index (Phi) is 4.34. The minimum absolute atomic E-state index is 0.521. The van der Waals surface area contributed by atoms with Gasteiger partial charge >= 0.3 is 0 Å². The molecule has 3 nitrogen and oxygen atoms in total. The molecule has 0 aromatic heterocycles. The van der Waals surface area contributed by atoms with Gasteiger partial charge in [0.15, 0.2) is 0 Å². The smallest absolute Gasteiger partial charge is 0.119 e. The first-order valence-corrected chi connectivity index (χ1v) is 9.74. The predicted molar refractivity (Wildman–Crippen MR) is 92.7 cm³/mol. The molecular formula is C18H26N2OS. The molecule has 1 N–H and O–H groups in total. The maximum Gasteiger partial charge on any atom is 0.119 e. The third-order valence-corrected chi connectivity index (χ3v) is 6.43. The molecule has 0 amide bonds. The van der Waals surface area contributed by atoms with Crippen molar-refractivity contribution in [3.05, 3.63) is 29.8 Å². The molecule has 1 saturated carbocycles. The van der Waals surface area contributed by atoms with Crippen LogP contribution in [0.4, 0.5) is 0 Å². The van der Waals surface area contributed by atoms with Gasteiger partial charge in [0.2, 0.25) is 0 Å². The van der Waals surface area contributed by atoms with Gasteiger partial charge in [0.25, 0.3) is 0 Å². The van der Waals surface area contributed by atoms with Gasteiger partial charge in [0.05, 0.1) is 13.2 Å². The topological polar surface area (TPSA) is 24.5 Å². The number of likely N-dealkylation sites (tertiary alicyclic amines) is 1. The van der Waals surface area contributed by atoms with E-state index in [0.29, 0.717) is 18.1 Å². The van der Waals surface area contributed by atoms with Crippen molar-refractivity contribution in [3.63, 3.8) is 0 Å². The van der Waals surface area contributed by atoms with Gasteiger partial charge in [0, 0.05) is 30.4 Å². The van der Waals surface area contributed by atoms with Gasteiger partial charge in [-0.25, -0.2) is 0 Å². The maximum atomic E-state index is 5.45. The molecule has 3 atom stereocenters. The molecular weight excluding hydrogens is 292 g/mol. The second kappa shape index (κ2) is 6.42. The molecule has 1 aromatic rings. The first-order valence-electron chi connectivity index (χ1n) is 8.58. The fraction of sp³-hybridized carbons (Fsp3) is 0.667. The van der Waals surface area contributed by atoms with Crippen molar-refractivity contribution < 1.29 is 4.74 Å². The summed E-state index contributed by atoms with van der Waals surface area (Å²) in [6.45, 7) is 1.24. The summed E-state index contributed by atoms with van der Waals surface area (Å²) in [5, 5.41) is 3.97. The van der Waals surface area contributed by atoms with E-state index in [9.17, 15) is 0 Å². The number of hydrogen-bond acceptors (Lipinski definition) is 4. The Balaban J connectivity index is 1.57. The molecule has 1 aliphatic carbocycles. The van der Waals surface area contributed by atoms with Gasteiger partial charge in [-0.1, -0.05) is 12.1 Å². The van der Waals surface area contributed by atoms with Crippen molar-refractivity contribution in [1.82, 2.24) is 10.2 Å².